The average molecular weight is 195 g/mol. The van der Waals surface area contributed by atoms with Crippen LogP contribution in [0.4, 0.5) is 5.82 Å². The smallest absolute Gasteiger partial charge is 0.122 e. The summed E-state index contributed by atoms with van der Waals surface area (Å²) in [4.78, 5) is 0. The Bertz CT molecular complexity index is 328. The van der Waals surface area contributed by atoms with E-state index in [2.05, 4.69) is 12.0 Å². The molecule has 1 heterocycles. The fourth-order valence-electron chi connectivity index (χ4n) is 1.67. The van der Waals surface area contributed by atoms with E-state index in [-0.39, 0.29) is 6.61 Å². The van der Waals surface area contributed by atoms with Crippen molar-refractivity contribution in [3.05, 3.63) is 11.8 Å². The van der Waals surface area contributed by atoms with Crippen LogP contribution in [-0.2, 0) is 13.0 Å². The molecule has 1 aliphatic carbocycles. The van der Waals surface area contributed by atoms with Crippen LogP contribution in [0.3, 0.4) is 0 Å². The van der Waals surface area contributed by atoms with Crippen molar-refractivity contribution < 1.29 is 5.11 Å². The Kier molecular flexibility index (Phi) is 2.23. The Morgan fingerprint density at radius 3 is 2.93 bits per heavy atom. The molecule has 1 saturated carbocycles. The number of anilines is 1. The minimum atomic E-state index is 0.0859. The number of aliphatic hydroxyl groups excluding tert-OH is 1. The van der Waals surface area contributed by atoms with Gasteiger partial charge in [-0.1, -0.05) is 6.92 Å². The standard InChI is InChI=1S/C10H17N3O/c1-10(2-3-10)7-8-6-9(11)13(12-8)4-5-14/h6,14H,2-5,7,11H2,1H3. The highest BCUT2D eigenvalue weighted by Crippen LogP contribution is 2.47. The van der Waals surface area contributed by atoms with Gasteiger partial charge in [-0.2, -0.15) is 5.10 Å². The number of aliphatic hydroxyl groups is 1. The average Bonchev–Trinajstić information content (AvgIpc) is 2.72. The van der Waals surface area contributed by atoms with Crippen LogP contribution < -0.4 is 5.73 Å². The molecular weight excluding hydrogens is 178 g/mol. The second kappa shape index (κ2) is 3.28. The summed E-state index contributed by atoms with van der Waals surface area (Å²) in [5.74, 6) is 0.651. The lowest BCUT2D eigenvalue weighted by atomic mass is 10.0. The first-order valence-corrected chi connectivity index (χ1v) is 5.06. The summed E-state index contributed by atoms with van der Waals surface area (Å²) in [5, 5.41) is 13.1. The summed E-state index contributed by atoms with van der Waals surface area (Å²) in [6.45, 7) is 2.85. The van der Waals surface area contributed by atoms with Gasteiger partial charge in [-0.25, -0.2) is 4.68 Å². The van der Waals surface area contributed by atoms with Gasteiger partial charge < -0.3 is 10.8 Å². The molecule has 0 saturated heterocycles. The van der Waals surface area contributed by atoms with Crippen molar-refractivity contribution in [2.75, 3.05) is 12.3 Å². The van der Waals surface area contributed by atoms with Crippen molar-refractivity contribution in [3.8, 4) is 0 Å². The summed E-state index contributed by atoms with van der Waals surface area (Å²) in [6.07, 6.45) is 3.59. The quantitative estimate of drug-likeness (QED) is 0.747. The topological polar surface area (TPSA) is 64.1 Å². The van der Waals surface area contributed by atoms with Gasteiger partial charge >= 0.3 is 0 Å². The second-order valence-electron chi connectivity index (χ2n) is 4.49. The summed E-state index contributed by atoms with van der Waals surface area (Å²) < 4.78 is 1.67. The van der Waals surface area contributed by atoms with Crippen LogP contribution in [0.25, 0.3) is 0 Å². The number of nitrogen functional groups attached to an aromatic ring is 1. The number of nitrogens with zero attached hydrogens (tertiary/aromatic N) is 2. The largest absolute Gasteiger partial charge is 0.394 e. The van der Waals surface area contributed by atoms with Gasteiger partial charge in [0.05, 0.1) is 18.8 Å². The lowest BCUT2D eigenvalue weighted by molar-refractivity contribution is 0.270. The van der Waals surface area contributed by atoms with Crippen LogP contribution in [0, 0.1) is 5.41 Å². The molecule has 1 fully saturated rings. The van der Waals surface area contributed by atoms with Crippen LogP contribution >= 0.6 is 0 Å². The summed E-state index contributed by atoms with van der Waals surface area (Å²) in [5.41, 5.74) is 7.27. The van der Waals surface area contributed by atoms with E-state index in [1.807, 2.05) is 6.07 Å². The number of rotatable bonds is 4. The highest BCUT2D eigenvalue weighted by molar-refractivity contribution is 5.31. The van der Waals surface area contributed by atoms with Gasteiger partial charge in [0, 0.05) is 6.07 Å². The zero-order chi connectivity index (χ0) is 10.2. The van der Waals surface area contributed by atoms with Gasteiger partial charge in [-0.3, -0.25) is 0 Å². The van der Waals surface area contributed by atoms with Crippen LogP contribution in [0.2, 0.25) is 0 Å². The Balaban J connectivity index is 2.07. The van der Waals surface area contributed by atoms with Gasteiger partial charge in [0.2, 0.25) is 0 Å². The van der Waals surface area contributed by atoms with Gasteiger partial charge in [0.25, 0.3) is 0 Å². The summed E-state index contributed by atoms with van der Waals surface area (Å²) in [7, 11) is 0. The van der Waals surface area contributed by atoms with Gasteiger partial charge in [0.15, 0.2) is 0 Å². The van der Waals surface area contributed by atoms with E-state index < -0.39 is 0 Å². The molecule has 3 N–H and O–H groups in total. The first kappa shape index (κ1) is 9.52. The van der Waals surface area contributed by atoms with Crippen LogP contribution in [-0.4, -0.2) is 21.5 Å². The molecule has 14 heavy (non-hydrogen) atoms. The monoisotopic (exact) mass is 195 g/mol. The molecule has 0 aliphatic heterocycles. The third kappa shape index (κ3) is 1.90. The van der Waals surface area contributed by atoms with E-state index in [0.29, 0.717) is 17.8 Å². The fraction of sp³-hybridized carbons (Fsp3) is 0.700. The van der Waals surface area contributed by atoms with Crippen LogP contribution in [0.5, 0.6) is 0 Å². The first-order chi connectivity index (χ1) is 6.63. The van der Waals surface area contributed by atoms with Gasteiger partial charge in [-0.05, 0) is 24.7 Å². The van der Waals surface area contributed by atoms with Gasteiger partial charge in [0.1, 0.15) is 5.82 Å². The summed E-state index contributed by atoms with van der Waals surface area (Å²) in [6, 6.07) is 1.92. The normalized spacial score (nSPS) is 18.4. The molecule has 1 aromatic heterocycles. The highest BCUT2D eigenvalue weighted by atomic mass is 16.3. The molecule has 0 aromatic carbocycles. The molecule has 0 amide bonds. The molecule has 0 spiro atoms. The number of hydrogen-bond acceptors (Lipinski definition) is 3. The fourth-order valence-corrected chi connectivity index (χ4v) is 1.67. The third-order valence-corrected chi connectivity index (χ3v) is 2.88. The molecule has 1 aromatic rings. The minimum Gasteiger partial charge on any atom is -0.394 e. The van der Waals surface area contributed by atoms with E-state index in [0.717, 1.165) is 12.1 Å². The van der Waals surface area contributed by atoms with E-state index >= 15 is 0 Å². The van der Waals surface area contributed by atoms with Crippen molar-refractivity contribution in [2.45, 2.75) is 32.7 Å². The maximum atomic E-state index is 8.78. The third-order valence-electron chi connectivity index (χ3n) is 2.88. The molecular formula is C10H17N3O. The Morgan fingerprint density at radius 2 is 2.36 bits per heavy atom. The molecule has 2 rings (SSSR count). The van der Waals surface area contributed by atoms with Crippen molar-refractivity contribution >= 4 is 5.82 Å². The Hall–Kier alpha value is -1.03. The van der Waals surface area contributed by atoms with Crippen LogP contribution in [0.15, 0.2) is 6.07 Å². The lowest BCUT2D eigenvalue weighted by Gasteiger charge is -2.03. The number of aromatic nitrogens is 2. The zero-order valence-corrected chi connectivity index (χ0v) is 8.53. The maximum Gasteiger partial charge on any atom is 0.122 e. The lowest BCUT2D eigenvalue weighted by Crippen LogP contribution is -2.08. The molecule has 1 aliphatic rings. The van der Waals surface area contributed by atoms with Crippen molar-refractivity contribution in [3.63, 3.8) is 0 Å². The predicted octanol–water partition coefficient (Wildman–Crippen LogP) is 0.800. The zero-order valence-electron chi connectivity index (χ0n) is 8.53. The Labute approximate surface area is 83.7 Å². The molecule has 78 valence electrons. The SMILES string of the molecule is CC1(Cc2cc(N)n(CCO)n2)CC1. The van der Waals surface area contributed by atoms with E-state index in [4.69, 9.17) is 10.8 Å². The van der Waals surface area contributed by atoms with Gasteiger partial charge in [-0.15, -0.1) is 0 Å². The minimum absolute atomic E-state index is 0.0859. The van der Waals surface area contributed by atoms with Crippen molar-refractivity contribution in [2.24, 2.45) is 5.41 Å². The van der Waals surface area contributed by atoms with E-state index in [1.54, 1.807) is 4.68 Å². The van der Waals surface area contributed by atoms with E-state index in [9.17, 15) is 0 Å². The molecule has 0 bridgehead atoms. The highest BCUT2D eigenvalue weighted by Gasteiger charge is 2.37. The van der Waals surface area contributed by atoms with Crippen LogP contribution in [0.1, 0.15) is 25.5 Å². The second-order valence-corrected chi connectivity index (χ2v) is 4.49. The summed E-state index contributed by atoms with van der Waals surface area (Å²) >= 11 is 0. The maximum absolute atomic E-state index is 8.78. The molecule has 0 atom stereocenters. The Morgan fingerprint density at radius 1 is 1.64 bits per heavy atom. The molecule has 0 radical (unpaired) electrons. The first-order valence-electron chi connectivity index (χ1n) is 5.06. The number of hydrogen-bond donors (Lipinski definition) is 2. The molecule has 0 unspecified atom stereocenters. The van der Waals surface area contributed by atoms with E-state index in [1.165, 1.54) is 12.8 Å². The predicted molar refractivity (Wildman–Crippen MR) is 54.8 cm³/mol. The molecule has 4 heteroatoms. The van der Waals surface area contributed by atoms with Crippen molar-refractivity contribution in [1.82, 2.24) is 9.78 Å². The molecule has 4 nitrogen and oxygen atoms in total. The van der Waals surface area contributed by atoms with Crippen molar-refractivity contribution in [1.29, 1.82) is 0 Å². The number of nitrogens with two attached hydrogens (primary N) is 1.